The fourth-order valence-corrected chi connectivity index (χ4v) is 9.04. The van der Waals surface area contributed by atoms with Crippen molar-refractivity contribution in [2.45, 2.75) is 130 Å². The molecule has 4 aliphatic rings. The van der Waals surface area contributed by atoms with E-state index < -0.39 is 5.60 Å². The van der Waals surface area contributed by atoms with Gasteiger partial charge in [-0.25, -0.2) is 0 Å². The molecule has 2 N–H and O–H groups in total. The molecule has 0 aromatic carbocycles. The van der Waals surface area contributed by atoms with E-state index >= 15 is 0 Å². The van der Waals surface area contributed by atoms with E-state index in [-0.39, 0.29) is 12.2 Å². The van der Waals surface area contributed by atoms with Crippen molar-refractivity contribution in [3.63, 3.8) is 0 Å². The first-order valence-electron chi connectivity index (χ1n) is 14.6. The van der Waals surface area contributed by atoms with Crippen LogP contribution in [0.4, 0.5) is 0 Å². The Labute approximate surface area is 210 Å². The van der Waals surface area contributed by atoms with Gasteiger partial charge in [0.1, 0.15) is 0 Å². The number of aliphatic hydroxyl groups excluding tert-OH is 1. The molecule has 34 heavy (non-hydrogen) atoms. The van der Waals surface area contributed by atoms with Gasteiger partial charge < -0.3 is 14.9 Å². The number of aliphatic hydroxyl groups is 2. The van der Waals surface area contributed by atoms with Gasteiger partial charge in [0.15, 0.2) is 0 Å². The highest BCUT2D eigenvalue weighted by Crippen LogP contribution is 2.67. The summed E-state index contributed by atoms with van der Waals surface area (Å²) >= 11 is 0. The van der Waals surface area contributed by atoms with Crippen molar-refractivity contribution in [2.75, 3.05) is 6.61 Å². The zero-order valence-corrected chi connectivity index (χ0v) is 23.3. The van der Waals surface area contributed by atoms with Gasteiger partial charge in [0, 0.05) is 0 Å². The third-order valence-electron chi connectivity index (χ3n) is 11.2. The third-order valence-corrected chi connectivity index (χ3v) is 11.2. The second kappa shape index (κ2) is 9.82. The standard InChI is InChI=1S/C31H54O3/c1-20(2)28(32)13-8-21(3)25-11-12-26-24-10-9-22-18-23(34-19-29(4,5)33)14-16-30(22,6)27(24)15-17-31(25,26)7/h9,20-21,23-28,32-33H,8,10-19H2,1-7H3/t21-,23+,24+,25-,26+,27+,28+,30+,31-/m1/s1. The molecule has 0 unspecified atom stereocenters. The molecule has 0 radical (unpaired) electrons. The smallest absolute Gasteiger partial charge is 0.0824 e. The van der Waals surface area contributed by atoms with Gasteiger partial charge in [-0.15, -0.1) is 0 Å². The Kier molecular flexibility index (Phi) is 7.71. The first-order valence-corrected chi connectivity index (χ1v) is 14.6. The average Bonchev–Trinajstić information content (AvgIpc) is 3.12. The van der Waals surface area contributed by atoms with E-state index in [9.17, 15) is 10.2 Å². The van der Waals surface area contributed by atoms with Gasteiger partial charge in [-0.1, -0.05) is 46.3 Å². The predicted molar refractivity (Wildman–Crippen MR) is 140 cm³/mol. The van der Waals surface area contributed by atoms with E-state index in [1.165, 1.54) is 44.9 Å². The quantitative estimate of drug-likeness (QED) is 0.367. The number of hydrogen-bond acceptors (Lipinski definition) is 3. The van der Waals surface area contributed by atoms with E-state index in [0.717, 1.165) is 42.9 Å². The molecule has 196 valence electrons. The van der Waals surface area contributed by atoms with E-state index in [0.29, 0.717) is 29.3 Å². The summed E-state index contributed by atoms with van der Waals surface area (Å²) in [6.07, 6.45) is 15.2. The first-order chi connectivity index (χ1) is 15.8. The lowest BCUT2D eigenvalue weighted by atomic mass is 9.47. The van der Waals surface area contributed by atoms with Gasteiger partial charge in [0.2, 0.25) is 0 Å². The van der Waals surface area contributed by atoms with Crippen molar-refractivity contribution >= 4 is 0 Å². The number of hydrogen-bond donors (Lipinski definition) is 2. The summed E-state index contributed by atoms with van der Waals surface area (Å²) in [5, 5.41) is 20.5. The van der Waals surface area contributed by atoms with Crippen LogP contribution >= 0.6 is 0 Å². The molecule has 4 aliphatic carbocycles. The minimum Gasteiger partial charge on any atom is -0.393 e. The van der Waals surface area contributed by atoms with E-state index in [1.54, 1.807) is 5.57 Å². The van der Waals surface area contributed by atoms with Crippen molar-refractivity contribution in [3.05, 3.63) is 11.6 Å². The molecule has 9 atom stereocenters. The Balaban J connectivity index is 1.43. The fraction of sp³-hybridized carbons (Fsp3) is 0.935. The Bertz CT molecular complexity index is 735. The van der Waals surface area contributed by atoms with Crippen molar-refractivity contribution in [2.24, 2.45) is 46.3 Å². The van der Waals surface area contributed by atoms with Crippen LogP contribution in [0.25, 0.3) is 0 Å². The summed E-state index contributed by atoms with van der Waals surface area (Å²) in [6, 6.07) is 0. The van der Waals surface area contributed by atoms with Gasteiger partial charge in [-0.2, -0.15) is 0 Å². The zero-order valence-electron chi connectivity index (χ0n) is 23.3. The Morgan fingerprint density at radius 2 is 1.76 bits per heavy atom. The van der Waals surface area contributed by atoms with Gasteiger partial charge >= 0.3 is 0 Å². The normalized spacial score (nSPS) is 41.9. The van der Waals surface area contributed by atoms with E-state index in [1.807, 2.05) is 13.8 Å². The van der Waals surface area contributed by atoms with Crippen LogP contribution in [0.15, 0.2) is 11.6 Å². The maximum atomic E-state index is 10.4. The van der Waals surface area contributed by atoms with Gasteiger partial charge in [-0.3, -0.25) is 0 Å². The van der Waals surface area contributed by atoms with Crippen molar-refractivity contribution < 1.29 is 14.9 Å². The van der Waals surface area contributed by atoms with Crippen LogP contribution in [-0.4, -0.2) is 34.6 Å². The van der Waals surface area contributed by atoms with Crippen LogP contribution in [0.5, 0.6) is 0 Å². The van der Waals surface area contributed by atoms with Gasteiger partial charge in [-0.05, 0) is 124 Å². The summed E-state index contributed by atoms with van der Waals surface area (Å²) in [5.41, 5.74) is 1.75. The highest BCUT2D eigenvalue weighted by molar-refractivity contribution is 5.25. The van der Waals surface area contributed by atoms with Crippen LogP contribution in [0.3, 0.4) is 0 Å². The topological polar surface area (TPSA) is 49.7 Å². The molecule has 0 aliphatic heterocycles. The molecule has 3 nitrogen and oxygen atoms in total. The maximum absolute atomic E-state index is 10.4. The molecule has 0 bridgehead atoms. The van der Waals surface area contributed by atoms with Crippen LogP contribution < -0.4 is 0 Å². The van der Waals surface area contributed by atoms with Crippen LogP contribution in [0.1, 0.15) is 113 Å². The maximum Gasteiger partial charge on any atom is 0.0824 e. The van der Waals surface area contributed by atoms with Gasteiger partial charge in [0.25, 0.3) is 0 Å². The monoisotopic (exact) mass is 474 g/mol. The van der Waals surface area contributed by atoms with E-state index in [2.05, 4.69) is 40.7 Å². The summed E-state index contributed by atoms with van der Waals surface area (Å²) in [4.78, 5) is 0. The largest absolute Gasteiger partial charge is 0.393 e. The molecule has 3 saturated carbocycles. The molecule has 3 fully saturated rings. The summed E-state index contributed by atoms with van der Waals surface area (Å²) in [7, 11) is 0. The lowest BCUT2D eigenvalue weighted by molar-refractivity contribution is -0.0845. The van der Waals surface area contributed by atoms with Crippen molar-refractivity contribution in [3.8, 4) is 0 Å². The van der Waals surface area contributed by atoms with Crippen LogP contribution in [0, 0.1) is 46.3 Å². The van der Waals surface area contributed by atoms with Crippen molar-refractivity contribution in [1.29, 1.82) is 0 Å². The molecular weight excluding hydrogens is 420 g/mol. The lowest BCUT2D eigenvalue weighted by Crippen LogP contribution is -2.51. The summed E-state index contributed by atoms with van der Waals surface area (Å²) in [6.45, 7) is 16.1. The molecule has 3 heteroatoms. The zero-order chi connectivity index (χ0) is 24.9. The molecule has 0 aromatic heterocycles. The molecule has 0 amide bonds. The molecule has 0 spiro atoms. The fourth-order valence-electron chi connectivity index (χ4n) is 9.04. The Hall–Kier alpha value is -0.380. The highest BCUT2D eigenvalue weighted by Gasteiger charge is 2.59. The second-order valence-corrected chi connectivity index (χ2v) is 14.3. The van der Waals surface area contributed by atoms with Crippen LogP contribution in [-0.2, 0) is 4.74 Å². The van der Waals surface area contributed by atoms with Gasteiger partial charge in [0.05, 0.1) is 24.4 Å². The molecule has 0 heterocycles. The number of rotatable bonds is 8. The molecular formula is C31H54O3. The number of allylic oxidation sites excluding steroid dienone is 1. The summed E-state index contributed by atoms with van der Waals surface area (Å²) < 4.78 is 6.15. The van der Waals surface area contributed by atoms with Crippen molar-refractivity contribution in [1.82, 2.24) is 0 Å². The first kappa shape index (κ1) is 26.7. The highest BCUT2D eigenvalue weighted by atomic mass is 16.5. The molecule has 0 aromatic rings. The Morgan fingerprint density at radius 3 is 2.44 bits per heavy atom. The Morgan fingerprint density at radius 1 is 1.03 bits per heavy atom. The number of fused-ring (bicyclic) bond motifs is 5. The second-order valence-electron chi connectivity index (χ2n) is 14.3. The SMILES string of the molecule is CC(C)[C@@H](O)CC[C@@H](C)[C@H]1CC[C@H]2[C@@H]3CC=C4C[C@@H](OCC(C)(C)O)CC[C@]4(C)[C@H]3CC[C@]12C. The number of ether oxygens (including phenoxy) is 1. The minimum atomic E-state index is -0.746. The van der Waals surface area contributed by atoms with Crippen LogP contribution in [0.2, 0.25) is 0 Å². The lowest BCUT2D eigenvalue weighted by Gasteiger charge is -2.58. The molecule has 0 saturated heterocycles. The predicted octanol–water partition coefficient (Wildman–Crippen LogP) is 7.15. The minimum absolute atomic E-state index is 0.146. The average molecular weight is 475 g/mol. The molecule has 4 rings (SSSR count). The third kappa shape index (κ3) is 5.05. The summed E-state index contributed by atoms with van der Waals surface area (Å²) in [5.74, 6) is 4.45. The van der Waals surface area contributed by atoms with E-state index in [4.69, 9.17) is 4.74 Å².